The van der Waals surface area contributed by atoms with Crippen LogP contribution in [0.2, 0.25) is 0 Å². The Hall–Kier alpha value is -1.32. The van der Waals surface area contributed by atoms with Crippen LogP contribution in [0.3, 0.4) is 0 Å². The van der Waals surface area contributed by atoms with Crippen LogP contribution in [0.4, 0.5) is 0 Å². The Morgan fingerprint density at radius 3 is 2.89 bits per heavy atom. The Morgan fingerprint density at radius 1 is 1.67 bits per heavy atom. The highest BCUT2D eigenvalue weighted by molar-refractivity contribution is 5.37. The van der Waals surface area contributed by atoms with Crippen molar-refractivity contribution in [3.05, 3.63) is 17.8 Å². The average molecular weight is 124 g/mol. The molecule has 0 atom stereocenters. The van der Waals surface area contributed by atoms with Crippen LogP contribution in [0, 0.1) is 6.92 Å². The molecule has 48 valence electrons. The van der Waals surface area contributed by atoms with E-state index in [1.807, 2.05) is 6.92 Å². The molecule has 0 fully saturated rings. The van der Waals surface area contributed by atoms with Crippen molar-refractivity contribution in [3.8, 4) is 0 Å². The Kier molecular flexibility index (Phi) is 1.48. The van der Waals surface area contributed by atoms with Crippen LogP contribution in [0.25, 0.3) is 6.08 Å². The van der Waals surface area contributed by atoms with Crippen LogP contribution in [0.15, 0.2) is 6.20 Å². The van der Waals surface area contributed by atoms with Crippen LogP contribution in [-0.2, 0) is 0 Å². The lowest BCUT2D eigenvalue weighted by atomic mass is 10.6. The topological polar surface area (TPSA) is 67.6 Å². The van der Waals surface area contributed by atoms with Crippen molar-refractivity contribution in [2.75, 3.05) is 0 Å². The first-order valence-electron chi connectivity index (χ1n) is 2.60. The molecule has 0 aliphatic heterocycles. The van der Waals surface area contributed by atoms with Gasteiger partial charge in [0.15, 0.2) is 5.82 Å². The zero-order chi connectivity index (χ0) is 6.69. The second-order valence-corrected chi connectivity index (χ2v) is 1.64. The van der Waals surface area contributed by atoms with Gasteiger partial charge < -0.3 is 5.73 Å². The second kappa shape index (κ2) is 2.30. The molecule has 0 radical (unpaired) electrons. The van der Waals surface area contributed by atoms with Crippen LogP contribution >= 0.6 is 0 Å². The minimum Gasteiger partial charge on any atom is -0.404 e. The molecule has 0 amide bonds. The predicted molar refractivity (Wildman–Crippen MR) is 34.3 cm³/mol. The number of nitrogens with two attached hydrogens (primary N) is 1. The highest BCUT2D eigenvalue weighted by Crippen LogP contribution is 1.90. The maximum absolute atomic E-state index is 5.10. The first kappa shape index (κ1) is 5.81. The molecule has 1 heterocycles. The van der Waals surface area contributed by atoms with Gasteiger partial charge in [-0.15, -0.1) is 0 Å². The zero-order valence-electron chi connectivity index (χ0n) is 5.13. The number of nitrogens with zero attached hydrogens (tertiary/aromatic N) is 2. The Bertz CT molecular complexity index is 212. The van der Waals surface area contributed by atoms with E-state index in [4.69, 9.17) is 5.73 Å². The number of nitrogens with one attached hydrogen (secondary N) is 1. The van der Waals surface area contributed by atoms with Gasteiger partial charge >= 0.3 is 0 Å². The summed E-state index contributed by atoms with van der Waals surface area (Å²) in [6, 6.07) is 0. The summed E-state index contributed by atoms with van der Waals surface area (Å²) in [4.78, 5) is 3.97. The van der Waals surface area contributed by atoms with Gasteiger partial charge in [0.05, 0.1) is 0 Å². The normalized spacial score (nSPS) is 10.8. The molecule has 3 N–H and O–H groups in total. The van der Waals surface area contributed by atoms with Crippen LogP contribution < -0.4 is 5.73 Å². The lowest BCUT2D eigenvalue weighted by Crippen LogP contribution is -1.79. The third-order valence-electron chi connectivity index (χ3n) is 0.860. The first-order chi connectivity index (χ1) is 4.33. The number of aromatic nitrogens is 3. The summed E-state index contributed by atoms with van der Waals surface area (Å²) in [7, 11) is 0. The molecule has 0 aliphatic rings. The van der Waals surface area contributed by atoms with Gasteiger partial charge in [-0.3, -0.25) is 5.10 Å². The van der Waals surface area contributed by atoms with Crippen molar-refractivity contribution >= 4 is 6.08 Å². The largest absolute Gasteiger partial charge is 0.404 e. The molecule has 0 aliphatic carbocycles. The van der Waals surface area contributed by atoms with E-state index in [0.29, 0.717) is 5.82 Å². The highest BCUT2D eigenvalue weighted by atomic mass is 15.2. The van der Waals surface area contributed by atoms with E-state index < -0.39 is 0 Å². The van der Waals surface area contributed by atoms with E-state index >= 15 is 0 Å². The van der Waals surface area contributed by atoms with Crippen LogP contribution in [-0.4, -0.2) is 15.2 Å². The molecule has 4 heteroatoms. The molecule has 1 rings (SSSR count). The van der Waals surface area contributed by atoms with E-state index in [1.54, 1.807) is 6.08 Å². The molecule has 0 saturated heterocycles. The van der Waals surface area contributed by atoms with Crippen molar-refractivity contribution in [1.82, 2.24) is 15.2 Å². The predicted octanol–water partition coefficient (Wildman–Crippen LogP) is 0.0425. The summed E-state index contributed by atoms with van der Waals surface area (Å²) in [6.07, 6.45) is 3.03. The fourth-order valence-electron chi connectivity index (χ4n) is 0.521. The number of aryl methyl sites for hydroxylation is 1. The Morgan fingerprint density at radius 2 is 2.44 bits per heavy atom. The summed E-state index contributed by atoms with van der Waals surface area (Å²) in [6.45, 7) is 1.83. The standard InChI is InChI=1S/C5H8N4/c1-4-7-5(2-3-6)9-8-4/h2-3H,6H2,1H3,(H,7,8,9)/b3-2-. The summed E-state index contributed by atoms with van der Waals surface area (Å²) in [5, 5.41) is 6.49. The van der Waals surface area contributed by atoms with Gasteiger partial charge in [0, 0.05) is 6.08 Å². The van der Waals surface area contributed by atoms with E-state index in [-0.39, 0.29) is 0 Å². The molecular weight excluding hydrogens is 116 g/mol. The number of hydrogen-bond acceptors (Lipinski definition) is 3. The quantitative estimate of drug-likeness (QED) is 0.555. The van der Waals surface area contributed by atoms with E-state index in [9.17, 15) is 0 Å². The third kappa shape index (κ3) is 1.28. The molecule has 1 aromatic rings. The maximum Gasteiger partial charge on any atom is 0.175 e. The van der Waals surface area contributed by atoms with E-state index in [2.05, 4.69) is 15.2 Å². The molecular formula is C5H8N4. The van der Waals surface area contributed by atoms with E-state index in [0.717, 1.165) is 5.82 Å². The molecule has 0 unspecified atom stereocenters. The van der Waals surface area contributed by atoms with Crippen LogP contribution in [0.1, 0.15) is 11.6 Å². The number of rotatable bonds is 1. The van der Waals surface area contributed by atoms with Gasteiger partial charge in [0.25, 0.3) is 0 Å². The molecule has 1 aromatic heterocycles. The number of H-pyrrole nitrogens is 1. The SMILES string of the molecule is Cc1nc(/C=C\N)n[nH]1. The lowest BCUT2D eigenvalue weighted by Gasteiger charge is -1.73. The van der Waals surface area contributed by atoms with E-state index in [1.165, 1.54) is 6.20 Å². The lowest BCUT2D eigenvalue weighted by molar-refractivity contribution is 1.03. The monoisotopic (exact) mass is 124 g/mol. The second-order valence-electron chi connectivity index (χ2n) is 1.64. The fourth-order valence-corrected chi connectivity index (χ4v) is 0.521. The molecule has 0 spiro atoms. The third-order valence-corrected chi connectivity index (χ3v) is 0.860. The van der Waals surface area contributed by atoms with Crippen molar-refractivity contribution in [3.63, 3.8) is 0 Å². The summed E-state index contributed by atoms with van der Waals surface area (Å²) in [5.41, 5.74) is 5.10. The van der Waals surface area contributed by atoms with Crippen molar-refractivity contribution in [2.24, 2.45) is 5.73 Å². The number of aromatic amines is 1. The van der Waals surface area contributed by atoms with Crippen LogP contribution in [0.5, 0.6) is 0 Å². The fraction of sp³-hybridized carbons (Fsp3) is 0.200. The summed E-state index contributed by atoms with van der Waals surface area (Å²) in [5.74, 6) is 1.41. The molecule has 0 saturated carbocycles. The first-order valence-corrected chi connectivity index (χ1v) is 2.60. The van der Waals surface area contributed by atoms with Gasteiger partial charge in [0.1, 0.15) is 5.82 Å². The maximum atomic E-state index is 5.10. The Balaban J connectivity index is 2.85. The minimum atomic E-state index is 0.620. The summed E-state index contributed by atoms with van der Waals surface area (Å²) < 4.78 is 0. The van der Waals surface area contributed by atoms with Crippen molar-refractivity contribution in [1.29, 1.82) is 0 Å². The summed E-state index contributed by atoms with van der Waals surface area (Å²) >= 11 is 0. The molecule has 0 aromatic carbocycles. The van der Waals surface area contributed by atoms with Gasteiger partial charge in [-0.1, -0.05) is 0 Å². The van der Waals surface area contributed by atoms with Gasteiger partial charge in [0.2, 0.25) is 0 Å². The molecule has 4 nitrogen and oxygen atoms in total. The van der Waals surface area contributed by atoms with Crippen molar-refractivity contribution < 1.29 is 0 Å². The van der Waals surface area contributed by atoms with Gasteiger partial charge in [-0.05, 0) is 13.1 Å². The van der Waals surface area contributed by atoms with Gasteiger partial charge in [-0.2, -0.15) is 5.10 Å². The van der Waals surface area contributed by atoms with Crippen molar-refractivity contribution in [2.45, 2.75) is 6.92 Å². The van der Waals surface area contributed by atoms with Gasteiger partial charge in [-0.25, -0.2) is 4.98 Å². The Labute approximate surface area is 52.8 Å². The zero-order valence-corrected chi connectivity index (χ0v) is 5.13. The smallest absolute Gasteiger partial charge is 0.175 e. The molecule has 9 heavy (non-hydrogen) atoms. The average Bonchev–Trinajstić information content (AvgIpc) is 2.17. The molecule has 0 bridgehead atoms. The number of hydrogen-bond donors (Lipinski definition) is 2. The minimum absolute atomic E-state index is 0.620. The highest BCUT2D eigenvalue weighted by Gasteiger charge is 1.90.